The number of amides is 1. The zero-order valence-electron chi connectivity index (χ0n) is 10.8. The number of hydrogen-bond acceptors (Lipinski definition) is 2. The molecule has 0 radical (unpaired) electrons. The van der Waals surface area contributed by atoms with Gasteiger partial charge < -0.3 is 11.1 Å². The highest BCUT2D eigenvalue weighted by Crippen LogP contribution is 2.36. The Hall–Kier alpha value is -1.03. The fourth-order valence-corrected chi connectivity index (χ4v) is 2.59. The minimum atomic E-state index is -0.0343. The van der Waals surface area contributed by atoms with Gasteiger partial charge in [0.15, 0.2) is 0 Å². The SMILES string of the molecule is Cc1c(N)cc(Br)cc1C(=O)NCC(C)C1CC1. The third kappa shape index (κ3) is 3.05. The number of carbonyl (C=O) groups excluding carboxylic acids is 1. The molecule has 1 aromatic rings. The fourth-order valence-electron chi connectivity index (χ4n) is 2.12. The maximum absolute atomic E-state index is 12.1. The van der Waals surface area contributed by atoms with Crippen molar-refractivity contribution in [3.8, 4) is 0 Å². The minimum absolute atomic E-state index is 0.0343. The molecule has 3 nitrogen and oxygen atoms in total. The monoisotopic (exact) mass is 310 g/mol. The van der Waals surface area contributed by atoms with Gasteiger partial charge in [0, 0.05) is 22.3 Å². The summed E-state index contributed by atoms with van der Waals surface area (Å²) < 4.78 is 0.839. The van der Waals surface area contributed by atoms with Crippen LogP contribution in [0.5, 0.6) is 0 Å². The molecule has 3 N–H and O–H groups in total. The Morgan fingerprint density at radius 3 is 2.83 bits per heavy atom. The summed E-state index contributed by atoms with van der Waals surface area (Å²) in [5.74, 6) is 1.34. The second-order valence-corrected chi connectivity index (χ2v) is 6.11. The van der Waals surface area contributed by atoms with E-state index in [0.717, 1.165) is 22.5 Å². The van der Waals surface area contributed by atoms with Crippen LogP contribution in [0.15, 0.2) is 16.6 Å². The molecule has 4 heteroatoms. The lowest BCUT2D eigenvalue weighted by Gasteiger charge is -2.13. The van der Waals surface area contributed by atoms with Gasteiger partial charge in [-0.1, -0.05) is 22.9 Å². The number of nitrogen functional groups attached to an aromatic ring is 1. The van der Waals surface area contributed by atoms with E-state index in [1.54, 1.807) is 0 Å². The first kappa shape index (κ1) is 13.4. The number of anilines is 1. The van der Waals surface area contributed by atoms with Gasteiger partial charge in [0.05, 0.1) is 0 Å². The smallest absolute Gasteiger partial charge is 0.251 e. The van der Waals surface area contributed by atoms with Crippen LogP contribution >= 0.6 is 15.9 Å². The summed E-state index contributed by atoms with van der Waals surface area (Å²) in [7, 11) is 0. The number of benzene rings is 1. The molecule has 0 aromatic heterocycles. The molecule has 2 rings (SSSR count). The number of nitrogens with one attached hydrogen (secondary N) is 1. The summed E-state index contributed by atoms with van der Waals surface area (Å²) in [5, 5.41) is 3.00. The van der Waals surface area contributed by atoms with Crippen molar-refractivity contribution in [1.29, 1.82) is 0 Å². The number of carbonyl (C=O) groups is 1. The minimum Gasteiger partial charge on any atom is -0.398 e. The van der Waals surface area contributed by atoms with Crippen LogP contribution in [0.25, 0.3) is 0 Å². The Morgan fingerprint density at radius 1 is 1.56 bits per heavy atom. The van der Waals surface area contributed by atoms with Crippen molar-refractivity contribution in [2.75, 3.05) is 12.3 Å². The van der Waals surface area contributed by atoms with E-state index in [1.807, 2.05) is 19.1 Å². The molecule has 1 aromatic carbocycles. The van der Waals surface area contributed by atoms with Gasteiger partial charge in [-0.2, -0.15) is 0 Å². The van der Waals surface area contributed by atoms with Gasteiger partial charge in [-0.15, -0.1) is 0 Å². The number of halogens is 1. The maximum atomic E-state index is 12.1. The van der Waals surface area contributed by atoms with Crippen molar-refractivity contribution in [2.45, 2.75) is 26.7 Å². The standard InChI is InChI=1S/C14H19BrN2O/c1-8(10-3-4-10)7-17-14(18)12-5-11(15)6-13(16)9(12)2/h5-6,8,10H,3-4,7,16H2,1-2H3,(H,17,18). The van der Waals surface area contributed by atoms with Crippen LogP contribution in [0.4, 0.5) is 5.69 Å². The van der Waals surface area contributed by atoms with E-state index in [9.17, 15) is 4.79 Å². The number of hydrogen-bond donors (Lipinski definition) is 2. The zero-order valence-corrected chi connectivity index (χ0v) is 12.4. The molecule has 1 saturated carbocycles. The van der Waals surface area contributed by atoms with E-state index >= 15 is 0 Å². The van der Waals surface area contributed by atoms with Crippen molar-refractivity contribution >= 4 is 27.5 Å². The van der Waals surface area contributed by atoms with Crippen LogP contribution < -0.4 is 11.1 Å². The summed E-state index contributed by atoms with van der Waals surface area (Å²) in [6.07, 6.45) is 2.61. The van der Waals surface area contributed by atoms with Crippen molar-refractivity contribution in [2.24, 2.45) is 11.8 Å². The van der Waals surface area contributed by atoms with E-state index in [2.05, 4.69) is 28.2 Å². The summed E-state index contributed by atoms with van der Waals surface area (Å²) in [4.78, 5) is 12.1. The fraction of sp³-hybridized carbons (Fsp3) is 0.500. The molecule has 1 amide bonds. The van der Waals surface area contributed by atoms with Crippen molar-refractivity contribution in [3.63, 3.8) is 0 Å². The first-order valence-electron chi connectivity index (χ1n) is 6.33. The molecule has 0 bridgehead atoms. The topological polar surface area (TPSA) is 55.1 Å². The van der Waals surface area contributed by atoms with Gasteiger partial charge in [0.1, 0.15) is 0 Å². The van der Waals surface area contributed by atoms with Crippen LogP contribution in [0.2, 0.25) is 0 Å². The van der Waals surface area contributed by atoms with E-state index in [4.69, 9.17) is 5.73 Å². The highest BCUT2D eigenvalue weighted by atomic mass is 79.9. The van der Waals surface area contributed by atoms with Gasteiger partial charge in [0.25, 0.3) is 5.91 Å². The molecule has 1 aliphatic carbocycles. The summed E-state index contributed by atoms with van der Waals surface area (Å²) in [6.45, 7) is 4.82. The van der Waals surface area contributed by atoms with Crippen molar-refractivity contribution in [3.05, 3.63) is 27.7 Å². The molecule has 1 fully saturated rings. The molecule has 1 unspecified atom stereocenters. The maximum Gasteiger partial charge on any atom is 0.251 e. The van der Waals surface area contributed by atoms with Crippen molar-refractivity contribution < 1.29 is 4.79 Å². The van der Waals surface area contributed by atoms with Gasteiger partial charge >= 0.3 is 0 Å². The second-order valence-electron chi connectivity index (χ2n) is 5.19. The Bertz CT molecular complexity index is 469. The predicted molar refractivity (Wildman–Crippen MR) is 77.5 cm³/mol. The number of nitrogens with two attached hydrogens (primary N) is 1. The molecular formula is C14H19BrN2O. The quantitative estimate of drug-likeness (QED) is 0.840. The Balaban J connectivity index is 2.03. The first-order valence-corrected chi connectivity index (χ1v) is 7.12. The van der Waals surface area contributed by atoms with E-state index < -0.39 is 0 Å². The largest absolute Gasteiger partial charge is 0.398 e. The molecule has 18 heavy (non-hydrogen) atoms. The molecule has 0 aliphatic heterocycles. The molecule has 1 atom stereocenters. The van der Waals surface area contributed by atoms with E-state index in [1.165, 1.54) is 12.8 Å². The average Bonchev–Trinajstić information content (AvgIpc) is 3.14. The normalized spacial score (nSPS) is 16.4. The van der Waals surface area contributed by atoms with Crippen LogP contribution in [0.3, 0.4) is 0 Å². The van der Waals surface area contributed by atoms with Crippen LogP contribution in [0.1, 0.15) is 35.7 Å². The molecular weight excluding hydrogens is 292 g/mol. The van der Waals surface area contributed by atoms with Gasteiger partial charge in [0.2, 0.25) is 0 Å². The van der Waals surface area contributed by atoms with Crippen LogP contribution in [-0.4, -0.2) is 12.5 Å². The first-order chi connectivity index (χ1) is 8.49. The highest BCUT2D eigenvalue weighted by Gasteiger charge is 2.28. The third-order valence-electron chi connectivity index (χ3n) is 3.67. The van der Waals surface area contributed by atoms with Crippen molar-refractivity contribution in [1.82, 2.24) is 5.32 Å². The molecule has 0 heterocycles. The van der Waals surface area contributed by atoms with Crippen LogP contribution in [0, 0.1) is 18.8 Å². The zero-order chi connectivity index (χ0) is 13.3. The molecule has 98 valence electrons. The lowest BCUT2D eigenvalue weighted by atomic mass is 10.0. The lowest BCUT2D eigenvalue weighted by Crippen LogP contribution is -2.29. The van der Waals surface area contributed by atoms with Gasteiger partial charge in [-0.3, -0.25) is 4.79 Å². The Kier molecular flexibility index (Phi) is 3.95. The van der Waals surface area contributed by atoms with E-state index in [-0.39, 0.29) is 5.91 Å². The Morgan fingerprint density at radius 2 is 2.22 bits per heavy atom. The highest BCUT2D eigenvalue weighted by molar-refractivity contribution is 9.10. The third-order valence-corrected chi connectivity index (χ3v) is 4.13. The molecule has 1 aliphatic rings. The lowest BCUT2D eigenvalue weighted by molar-refractivity contribution is 0.0946. The van der Waals surface area contributed by atoms with Gasteiger partial charge in [-0.25, -0.2) is 0 Å². The number of rotatable bonds is 4. The summed E-state index contributed by atoms with van der Waals surface area (Å²) in [6, 6.07) is 3.64. The molecule has 0 spiro atoms. The predicted octanol–water partition coefficient (Wildman–Crippen LogP) is 3.12. The summed E-state index contributed by atoms with van der Waals surface area (Å²) >= 11 is 3.37. The Labute approximate surface area is 116 Å². The second kappa shape index (κ2) is 5.31. The molecule has 0 saturated heterocycles. The van der Waals surface area contributed by atoms with Gasteiger partial charge in [-0.05, 0) is 49.3 Å². The van der Waals surface area contributed by atoms with E-state index in [0.29, 0.717) is 17.2 Å². The average molecular weight is 311 g/mol. The summed E-state index contributed by atoms with van der Waals surface area (Å²) in [5.41, 5.74) is 8.01. The van der Waals surface area contributed by atoms with Crippen LogP contribution in [-0.2, 0) is 0 Å².